The fourth-order valence-corrected chi connectivity index (χ4v) is 9.94. The van der Waals surface area contributed by atoms with Crippen LogP contribution in [0.25, 0.3) is 0 Å². The Labute approximate surface area is 479 Å². The first-order valence-corrected chi connectivity index (χ1v) is 25.6. The Morgan fingerprint density at radius 1 is 0.235 bits per heavy atom. The normalized spacial score (nSPS) is 20.5. The number of phenolic OH excluding ortho intramolecular Hbond substituents is 17. The molecule has 0 aromatic heterocycles. The molecule has 8 aromatic rings. The molecule has 0 spiro atoms. The highest BCUT2D eigenvalue weighted by molar-refractivity contribution is 5.57. The molecule has 25 heteroatoms. The number of hydrogen-bond donors (Lipinski definition) is 21. The van der Waals surface area contributed by atoms with Crippen LogP contribution >= 0.6 is 0 Å². The zero-order valence-electron chi connectivity index (χ0n) is 43.9. The van der Waals surface area contributed by atoms with Crippen LogP contribution in [0.4, 0.5) is 0 Å². The molecule has 0 bridgehead atoms. The molecule has 4 heterocycles. The van der Waals surface area contributed by atoms with Crippen molar-refractivity contribution >= 4 is 0 Å². The molecule has 0 fully saturated rings. The van der Waals surface area contributed by atoms with E-state index in [9.17, 15) is 107 Å². The van der Waals surface area contributed by atoms with Gasteiger partial charge in [0, 0.05) is 102 Å². The summed E-state index contributed by atoms with van der Waals surface area (Å²) in [7, 11) is 0. The Bertz CT molecular complexity index is 3500. The predicted octanol–water partition coefficient (Wildman–Crippen LogP) is 5.89. The van der Waals surface area contributed by atoms with Gasteiger partial charge < -0.3 is 126 Å². The minimum absolute atomic E-state index is 0.0640. The average Bonchev–Trinajstić information content (AvgIpc) is 1.61. The van der Waals surface area contributed by atoms with Crippen molar-refractivity contribution in [3.05, 3.63) is 160 Å². The van der Waals surface area contributed by atoms with Crippen LogP contribution in [0.15, 0.2) is 115 Å². The number of aromatic hydroxyl groups is 17. The van der Waals surface area contributed by atoms with Crippen LogP contribution < -0.4 is 18.9 Å². The average molecular weight is 1180 g/mol. The first kappa shape index (κ1) is 59.0. The number of ether oxygens (including phenoxy) is 4. The Morgan fingerprint density at radius 2 is 0.459 bits per heavy atom. The summed E-state index contributed by atoms with van der Waals surface area (Å²) in [5.74, 6) is -3.71. The van der Waals surface area contributed by atoms with Crippen molar-refractivity contribution in [3.63, 3.8) is 0 Å². The fraction of sp³-hybridized carbons (Fsp3) is 0.200. The van der Waals surface area contributed by atoms with Crippen molar-refractivity contribution in [1.82, 2.24) is 0 Å². The quantitative estimate of drug-likeness (QED) is 0.0913. The summed E-state index contributed by atoms with van der Waals surface area (Å²) in [5.41, 5.74) is 3.28. The molecular weight excluding hydrogens is 1120 g/mol. The van der Waals surface area contributed by atoms with Crippen LogP contribution in [0, 0.1) is 0 Å². The summed E-state index contributed by atoms with van der Waals surface area (Å²) in [5, 5.41) is 203. The Hall–Kier alpha value is -10.6. The molecule has 8 atom stereocenters. The van der Waals surface area contributed by atoms with Crippen LogP contribution in [-0.2, 0) is 25.7 Å². The largest absolute Gasteiger partial charge is 0.508 e. The molecule has 0 aliphatic carbocycles. The van der Waals surface area contributed by atoms with Crippen molar-refractivity contribution in [2.24, 2.45) is 0 Å². The van der Waals surface area contributed by atoms with Gasteiger partial charge in [-0.25, -0.2) is 0 Å². The number of aliphatic hydroxyl groups excluding tert-OH is 4. The number of benzene rings is 8. The van der Waals surface area contributed by atoms with Crippen LogP contribution in [-0.4, -0.2) is 132 Å². The number of hydrogen-bond acceptors (Lipinski definition) is 25. The van der Waals surface area contributed by atoms with Gasteiger partial charge in [0.25, 0.3) is 0 Å². The number of phenols is 17. The van der Waals surface area contributed by atoms with Gasteiger partial charge >= 0.3 is 0 Å². The third kappa shape index (κ3) is 12.6. The fourth-order valence-electron chi connectivity index (χ4n) is 9.94. The van der Waals surface area contributed by atoms with Crippen molar-refractivity contribution in [2.75, 3.05) is 0 Å². The predicted molar refractivity (Wildman–Crippen MR) is 292 cm³/mol. The van der Waals surface area contributed by atoms with Gasteiger partial charge in [-0.1, -0.05) is 18.2 Å². The standard InChI is InChI=1S/C15H14O7.3C15H14O6/c16-7-3-9(17)8-5-12(20)15(22-13(8)4-7)6-1-10(18)14(21)11(19)2-6;3*16-8-4-11(18)9-6-13(20)15(21-14(9)5-8)7-1-2-10(17)12(19)3-7/h1-4,12,15-21H,5H2;3*1-5,13,15-20H,6H2/t12-,15-;13-,15+;2*13-,15-/m1110/s1. The second kappa shape index (κ2) is 23.7. The molecule has 0 amide bonds. The van der Waals surface area contributed by atoms with E-state index < -0.39 is 66.1 Å². The zero-order valence-corrected chi connectivity index (χ0v) is 43.9. The lowest BCUT2D eigenvalue weighted by atomic mass is 9.93. The molecule has 85 heavy (non-hydrogen) atoms. The third-order valence-electron chi connectivity index (χ3n) is 14.2. The molecule has 12 rings (SSSR count). The van der Waals surface area contributed by atoms with Crippen LogP contribution in [0.2, 0.25) is 0 Å². The van der Waals surface area contributed by atoms with E-state index in [0.717, 1.165) is 18.2 Å². The van der Waals surface area contributed by atoms with E-state index in [2.05, 4.69) is 0 Å². The highest BCUT2D eigenvalue weighted by Crippen LogP contribution is 2.48. The molecule has 21 N–H and O–H groups in total. The van der Waals surface area contributed by atoms with Gasteiger partial charge in [-0.15, -0.1) is 0 Å². The summed E-state index contributed by atoms with van der Waals surface area (Å²) >= 11 is 0. The minimum atomic E-state index is -1.05. The van der Waals surface area contributed by atoms with Crippen LogP contribution in [0.5, 0.6) is 121 Å². The maximum atomic E-state index is 10.2. The van der Waals surface area contributed by atoms with Gasteiger partial charge in [-0.3, -0.25) is 0 Å². The van der Waals surface area contributed by atoms with Gasteiger partial charge in [0.2, 0.25) is 0 Å². The first-order chi connectivity index (χ1) is 40.2. The van der Waals surface area contributed by atoms with E-state index in [4.69, 9.17) is 18.9 Å². The second-order valence-corrected chi connectivity index (χ2v) is 20.2. The molecule has 0 saturated heterocycles. The van der Waals surface area contributed by atoms with Crippen LogP contribution in [0.3, 0.4) is 0 Å². The maximum Gasteiger partial charge on any atom is 0.200 e. The van der Waals surface area contributed by atoms with Gasteiger partial charge in [0.1, 0.15) is 87.3 Å². The highest BCUT2D eigenvalue weighted by Gasteiger charge is 2.37. The molecule has 4 aliphatic heterocycles. The minimum Gasteiger partial charge on any atom is -0.508 e. The summed E-state index contributed by atoms with van der Waals surface area (Å²) in [4.78, 5) is 0. The van der Waals surface area contributed by atoms with E-state index in [1.54, 1.807) is 0 Å². The third-order valence-corrected chi connectivity index (χ3v) is 14.2. The number of rotatable bonds is 4. The lowest BCUT2D eigenvalue weighted by molar-refractivity contribution is 0.0195. The van der Waals surface area contributed by atoms with E-state index in [1.165, 1.54) is 97.1 Å². The molecule has 0 saturated carbocycles. The number of fused-ring (bicyclic) bond motifs is 4. The van der Waals surface area contributed by atoms with Crippen LogP contribution in [0.1, 0.15) is 68.9 Å². The Morgan fingerprint density at radius 3 is 0.694 bits per heavy atom. The van der Waals surface area contributed by atoms with Crippen molar-refractivity contribution in [1.29, 1.82) is 0 Å². The number of aliphatic hydroxyl groups is 4. The molecule has 8 aromatic carbocycles. The maximum absolute atomic E-state index is 10.2. The van der Waals surface area contributed by atoms with E-state index >= 15 is 0 Å². The molecule has 0 unspecified atom stereocenters. The Balaban J connectivity index is 0.000000136. The summed E-state index contributed by atoms with van der Waals surface area (Å²) in [6, 6.07) is 24.8. The smallest absolute Gasteiger partial charge is 0.200 e. The van der Waals surface area contributed by atoms with Crippen molar-refractivity contribution < 1.29 is 126 Å². The summed E-state index contributed by atoms with van der Waals surface area (Å²) < 4.78 is 22.4. The van der Waals surface area contributed by atoms with Crippen molar-refractivity contribution in [3.8, 4) is 121 Å². The van der Waals surface area contributed by atoms with Crippen molar-refractivity contribution in [2.45, 2.75) is 74.5 Å². The lowest BCUT2D eigenvalue weighted by Crippen LogP contribution is -2.30. The Kier molecular flexibility index (Phi) is 16.5. The summed E-state index contributed by atoms with van der Waals surface area (Å²) in [6.07, 6.45) is -6.60. The molecule has 4 aliphatic rings. The summed E-state index contributed by atoms with van der Waals surface area (Å²) in [6.45, 7) is 0. The molecule has 25 nitrogen and oxygen atoms in total. The first-order valence-electron chi connectivity index (χ1n) is 25.6. The zero-order chi connectivity index (χ0) is 61.5. The van der Waals surface area contributed by atoms with E-state index in [0.29, 0.717) is 38.9 Å². The molecular formula is C60H56O25. The lowest BCUT2D eigenvalue weighted by Gasteiger charge is -2.31. The van der Waals surface area contributed by atoms with Gasteiger partial charge in [0.05, 0.1) is 24.4 Å². The monoisotopic (exact) mass is 1180 g/mol. The van der Waals surface area contributed by atoms with E-state index in [-0.39, 0.29) is 135 Å². The van der Waals surface area contributed by atoms with Gasteiger partial charge in [-0.05, 0) is 65.2 Å². The second-order valence-electron chi connectivity index (χ2n) is 20.2. The highest BCUT2D eigenvalue weighted by atomic mass is 16.5. The molecule has 446 valence electrons. The SMILES string of the molecule is Oc1cc(O)c2c(c1)O[C@@H](c1ccc(O)c(O)c1)[C@@H](O)C2.Oc1cc(O)c2c(c1)O[C@@H](c1ccc(O)c(O)c1)[C@H](O)C2.Oc1cc(O)c2c(c1)O[C@H](c1cc(O)c(O)c(O)c1)[C@H](O)C2.Oc1cc(O)c2c(c1)O[C@H](c1ccc(O)c(O)c1)[C@H](O)C2. The molecule has 0 radical (unpaired) electrons. The topological polar surface area (TPSA) is 462 Å². The van der Waals surface area contributed by atoms with E-state index in [1.807, 2.05) is 0 Å². The van der Waals surface area contributed by atoms with Gasteiger partial charge in [-0.2, -0.15) is 0 Å². The van der Waals surface area contributed by atoms with Gasteiger partial charge in [0.15, 0.2) is 57.8 Å².